The van der Waals surface area contributed by atoms with E-state index in [1.807, 2.05) is 6.07 Å². The first-order valence-electron chi connectivity index (χ1n) is 8.20. The monoisotopic (exact) mass is 376 g/mol. The van der Waals surface area contributed by atoms with Gasteiger partial charge >= 0.3 is 0 Å². The lowest BCUT2D eigenvalue weighted by Crippen LogP contribution is -2.34. The van der Waals surface area contributed by atoms with E-state index in [4.69, 9.17) is 28.6 Å². The van der Waals surface area contributed by atoms with Crippen molar-refractivity contribution in [1.82, 2.24) is 5.32 Å². The Morgan fingerprint density at radius 1 is 1.12 bits per heavy atom. The van der Waals surface area contributed by atoms with Gasteiger partial charge in [0.25, 0.3) is 5.91 Å². The Hall–Kier alpha value is -2.11. The summed E-state index contributed by atoms with van der Waals surface area (Å²) in [5, 5.41) is 6.47. The van der Waals surface area contributed by atoms with Gasteiger partial charge in [-0.05, 0) is 55.0 Å². The summed E-state index contributed by atoms with van der Waals surface area (Å²) < 4.78 is 5.73. The molecule has 0 heterocycles. The Kier molecular flexibility index (Phi) is 7.70. The van der Waals surface area contributed by atoms with Gasteiger partial charge in [0, 0.05) is 10.7 Å². The largest absolute Gasteiger partial charge is 0.493 e. The van der Waals surface area contributed by atoms with E-state index in [-0.39, 0.29) is 11.0 Å². The quantitative estimate of drug-likeness (QED) is 0.525. The van der Waals surface area contributed by atoms with Crippen molar-refractivity contribution in [2.45, 2.75) is 26.2 Å². The highest BCUT2D eigenvalue weighted by atomic mass is 35.5. The third-order valence-corrected chi connectivity index (χ3v) is 3.92. The predicted octanol–water partition coefficient (Wildman–Crippen LogP) is 5.04. The van der Waals surface area contributed by atoms with Gasteiger partial charge in [0.2, 0.25) is 0 Å². The molecule has 0 bridgehead atoms. The van der Waals surface area contributed by atoms with E-state index < -0.39 is 0 Å². The molecule has 0 saturated carbocycles. The van der Waals surface area contributed by atoms with E-state index in [0.29, 0.717) is 22.9 Å². The summed E-state index contributed by atoms with van der Waals surface area (Å²) >= 11 is 11.0. The van der Waals surface area contributed by atoms with Crippen LogP contribution in [0.5, 0.6) is 5.75 Å². The van der Waals surface area contributed by atoms with E-state index in [1.54, 1.807) is 42.5 Å². The van der Waals surface area contributed by atoms with Crippen molar-refractivity contribution in [1.29, 1.82) is 0 Å². The zero-order valence-electron chi connectivity index (χ0n) is 14.0. The zero-order chi connectivity index (χ0) is 18.1. The molecule has 4 nitrogen and oxygen atoms in total. The third-order valence-electron chi connectivity index (χ3n) is 3.47. The summed E-state index contributed by atoms with van der Waals surface area (Å²) in [5.74, 6) is 0.253. The molecule has 0 saturated heterocycles. The lowest BCUT2D eigenvalue weighted by Gasteiger charge is -2.13. The molecule has 0 aliphatic rings. The number of ether oxygens (including phenoxy) is 1. The van der Waals surface area contributed by atoms with Crippen LogP contribution in [0.15, 0.2) is 48.5 Å². The third kappa shape index (κ3) is 6.36. The van der Waals surface area contributed by atoms with E-state index in [2.05, 4.69) is 17.6 Å². The lowest BCUT2D eigenvalue weighted by molar-refractivity contribution is 0.0973. The number of nitrogens with one attached hydrogen (secondary N) is 2. The molecule has 0 spiro atoms. The molecule has 0 aromatic heterocycles. The molecule has 0 atom stereocenters. The van der Waals surface area contributed by atoms with Crippen molar-refractivity contribution >= 4 is 40.5 Å². The van der Waals surface area contributed by atoms with Gasteiger partial charge in [-0.3, -0.25) is 10.1 Å². The Labute approximate surface area is 158 Å². The summed E-state index contributed by atoms with van der Waals surface area (Å²) in [5.41, 5.74) is 1.21. The number of hydrogen-bond acceptors (Lipinski definition) is 3. The Bertz CT molecular complexity index is 720. The SMILES string of the molecule is CCCCCOc1ccccc1C(=O)NC(=S)Nc1ccc(Cl)cc1. The number of benzene rings is 2. The molecule has 0 aliphatic heterocycles. The minimum absolute atomic E-state index is 0.216. The second-order valence-electron chi connectivity index (χ2n) is 5.47. The average Bonchev–Trinajstić information content (AvgIpc) is 2.61. The first-order chi connectivity index (χ1) is 12.1. The minimum atomic E-state index is -0.308. The Morgan fingerprint density at radius 2 is 1.84 bits per heavy atom. The minimum Gasteiger partial charge on any atom is -0.493 e. The normalized spacial score (nSPS) is 10.2. The molecule has 1 amide bonds. The van der Waals surface area contributed by atoms with Crippen LogP contribution < -0.4 is 15.4 Å². The van der Waals surface area contributed by atoms with Crippen molar-refractivity contribution in [3.05, 3.63) is 59.1 Å². The van der Waals surface area contributed by atoms with E-state index in [9.17, 15) is 4.79 Å². The highest BCUT2D eigenvalue weighted by Gasteiger charge is 2.13. The summed E-state index contributed by atoms with van der Waals surface area (Å²) in [6.07, 6.45) is 3.18. The van der Waals surface area contributed by atoms with Gasteiger partial charge < -0.3 is 10.1 Å². The van der Waals surface area contributed by atoms with Crippen LogP contribution in [0.4, 0.5) is 5.69 Å². The van der Waals surface area contributed by atoms with E-state index >= 15 is 0 Å². The molecule has 2 rings (SSSR count). The van der Waals surface area contributed by atoms with Gasteiger partial charge in [0.1, 0.15) is 5.75 Å². The number of carbonyl (C=O) groups excluding carboxylic acids is 1. The first kappa shape index (κ1) is 19.2. The number of amides is 1. The maximum Gasteiger partial charge on any atom is 0.261 e. The molecule has 0 radical (unpaired) electrons. The highest BCUT2D eigenvalue weighted by molar-refractivity contribution is 7.80. The topological polar surface area (TPSA) is 50.4 Å². The average molecular weight is 377 g/mol. The lowest BCUT2D eigenvalue weighted by atomic mass is 10.2. The molecule has 0 aliphatic carbocycles. The maximum absolute atomic E-state index is 12.5. The molecular formula is C19H21ClN2O2S. The Balaban J connectivity index is 1.95. The van der Waals surface area contributed by atoms with Gasteiger partial charge in [-0.1, -0.05) is 43.5 Å². The smallest absolute Gasteiger partial charge is 0.261 e. The number of anilines is 1. The van der Waals surface area contributed by atoms with Crippen molar-refractivity contribution in [2.24, 2.45) is 0 Å². The van der Waals surface area contributed by atoms with Crippen LogP contribution in [0.2, 0.25) is 5.02 Å². The second kappa shape index (κ2) is 10.0. The fourth-order valence-corrected chi connectivity index (χ4v) is 2.52. The second-order valence-corrected chi connectivity index (χ2v) is 6.31. The van der Waals surface area contributed by atoms with E-state index in [0.717, 1.165) is 24.9 Å². The van der Waals surface area contributed by atoms with Gasteiger partial charge in [-0.2, -0.15) is 0 Å². The number of unbranched alkanes of at least 4 members (excludes halogenated alkanes) is 2. The highest BCUT2D eigenvalue weighted by Crippen LogP contribution is 2.18. The molecule has 0 unspecified atom stereocenters. The molecular weight excluding hydrogens is 356 g/mol. The van der Waals surface area contributed by atoms with E-state index in [1.165, 1.54) is 0 Å². The van der Waals surface area contributed by atoms with Crippen molar-refractivity contribution in [3.63, 3.8) is 0 Å². The summed E-state index contributed by atoms with van der Waals surface area (Å²) in [7, 11) is 0. The zero-order valence-corrected chi connectivity index (χ0v) is 15.6. The number of thiocarbonyl (C=S) groups is 1. The number of carbonyl (C=O) groups is 1. The Morgan fingerprint density at radius 3 is 2.56 bits per heavy atom. The van der Waals surface area contributed by atoms with Crippen LogP contribution in [0, 0.1) is 0 Å². The van der Waals surface area contributed by atoms with Crippen LogP contribution in [-0.2, 0) is 0 Å². The molecule has 0 fully saturated rings. The molecule has 2 N–H and O–H groups in total. The van der Waals surface area contributed by atoms with Crippen LogP contribution in [0.25, 0.3) is 0 Å². The van der Waals surface area contributed by atoms with Crippen molar-refractivity contribution in [3.8, 4) is 5.75 Å². The maximum atomic E-state index is 12.5. The van der Waals surface area contributed by atoms with Crippen molar-refractivity contribution < 1.29 is 9.53 Å². The standard InChI is InChI=1S/C19H21ClN2O2S/c1-2-3-6-13-24-17-8-5-4-7-16(17)18(23)22-19(25)21-15-11-9-14(20)10-12-15/h4-5,7-12H,2-3,6,13H2,1H3,(H2,21,22,23,25). The number of halogens is 1. The molecule has 2 aromatic carbocycles. The van der Waals surface area contributed by atoms with Gasteiger partial charge in [-0.15, -0.1) is 0 Å². The fraction of sp³-hybridized carbons (Fsp3) is 0.263. The van der Waals surface area contributed by atoms with Crippen LogP contribution >= 0.6 is 23.8 Å². The molecule has 132 valence electrons. The fourth-order valence-electron chi connectivity index (χ4n) is 2.18. The molecule has 2 aromatic rings. The number of hydrogen-bond donors (Lipinski definition) is 2. The van der Waals surface area contributed by atoms with Gasteiger partial charge in [-0.25, -0.2) is 0 Å². The number of rotatable bonds is 7. The predicted molar refractivity (Wildman–Crippen MR) is 107 cm³/mol. The van der Waals surface area contributed by atoms with Crippen LogP contribution in [0.3, 0.4) is 0 Å². The number of para-hydroxylation sites is 1. The van der Waals surface area contributed by atoms with Crippen molar-refractivity contribution in [2.75, 3.05) is 11.9 Å². The summed E-state index contributed by atoms with van der Waals surface area (Å²) in [6.45, 7) is 2.72. The summed E-state index contributed by atoms with van der Waals surface area (Å²) in [6, 6.07) is 14.2. The molecule has 25 heavy (non-hydrogen) atoms. The van der Waals surface area contributed by atoms with Gasteiger partial charge in [0.15, 0.2) is 5.11 Å². The molecule has 6 heteroatoms. The first-order valence-corrected chi connectivity index (χ1v) is 8.98. The van der Waals surface area contributed by atoms with Crippen LogP contribution in [0.1, 0.15) is 36.5 Å². The van der Waals surface area contributed by atoms with Crippen LogP contribution in [-0.4, -0.2) is 17.6 Å². The van der Waals surface area contributed by atoms with Gasteiger partial charge in [0.05, 0.1) is 12.2 Å². The summed E-state index contributed by atoms with van der Waals surface area (Å²) in [4.78, 5) is 12.5.